The van der Waals surface area contributed by atoms with E-state index >= 15 is 0 Å². The minimum atomic E-state index is -0.768. The zero-order chi connectivity index (χ0) is 19.9. The lowest BCUT2D eigenvalue weighted by Gasteiger charge is -2.23. The number of fused-ring (bicyclic) bond motifs is 1. The number of rotatable bonds is 9. The van der Waals surface area contributed by atoms with Crippen LogP contribution in [-0.4, -0.2) is 33.8 Å². The number of carboxylic acid groups (broad SMARTS) is 1. The van der Waals surface area contributed by atoms with Crippen LogP contribution in [-0.2, 0) is 16.1 Å². The van der Waals surface area contributed by atoms with Crippen LogP contribution < -0.4 is 0 Å². The molecule has 3 rings (SSSR count). The second-order valence-electron chi connectivity index (χ2n) is 7.39. The number of benzene rings is 2. The summed E-state index contributed by atoms with van der Waals surface area (Å²) in [7, 11) is 0. The van der Waals surface area contributed by atoms with Crippen LogP contribution in [0.2, 0.25) is 0 Å². The number of halogens is 1. The highest BCUT2D eigenvalue weighted by molar-refractivity contribution is 6.21. The van der Waals surface area contributed by atoms with Gasteiger partial charge in [-0.25, -0.2) is 0 Å². The minimum absolute atomic E-state index is 0.0439. The molecular weight excluding hydrogens is 376 g/mol. The fraction of sp³-hybridized carbons (Fsp3) is 0.435. The third-order valence-electron chi connectivity index (χ3n) is 5.38. The predicted molar refractivity (Wildman–Crippen MR) is 112 cm³/mol. The average Bonchev–Trinajstić information content (AvgIpc) is 2.95. The molecule has 4 atom stereocenters. The normalized spacial score (nSPS) is 24.9. The van der Waals surface area contributed by atoms with Gasteiger partial charge in [0.25, 0.3) is 0 Å². The molecule has 2 aromatic carbocycles. The largest absolute Gasteiger partial charge is 0.481 e. The summed E-state index contributed by atoms with van der Waals surface area (Å²) < 4.78 is 6.16. The smallest absolute Gasteiger partial charge is 0.303 e. The number of ether oxygens (including phenoxy) is 1. The maximum absolute atomic E-state index is 10.5. The number of carboxylic acids is 1. The molecule has 0 radical (unpaired) electrons. The van der Waals surface area contributed by atoms with Crippen molar-refractivity contribution in [3.8, 4) is 0 Å². The van der Waals surface area contributed by atoms with E-state index in [1.54, 1.807) is 0 Å². The molecule has 1 saturated carbocycles. The zero-order valence-corrected chi connectivity index (χ0v) is 16.6. The second kappa shape index (κ2) is 10.1. The molecule has 2 N–H and O–H groups in total. The summed E-state index contributed by atoms with van der Waals surface area (Å²) in [6, 6.07) is 14.4. The van der Waals surface area contributed by atoms with E-state index in [1.165, 1.54) is 5.39 Å². The Morgan fingerprint density at radius 2 is 1.96 bits per heavy atom. The van der Waals surface area contributed by atoms with E-state index in [-0.39, 0.29) is 23.8 Å². The fourth-order valence-electron chi connectivity index (χ4n) is 3.89. The summed E-state index contributed by atoms with van der Waals surface area (Å²) in [5.41, 5.74) is 1.10. The maximum Gasteiger partial charge on any atom is 0.303 e. The van der Waals surface area contributed by atoms with Crippen molar-refractivity contribution in [2.75, 3.05) is 0 Å². The number of carbonyl (C=O) groups is 1. The van der Waals surface area contributed by atoms with Crippen LogP contribution in [0.1, 0.15) is 37.7 Å². The quantitative estimate of drug-likeness (QED) is 0.355. The van der Waals surface area contributed by atoms with Gasteiger partial charge in [0, 0.05) is 17.7 Å². The molecule has 0 bridgehead atoms. The van der Waals surface area contributed by atoms with Crippen LogP contribution in [0.4, 0.5) is 0 Å². The average molecular weight is 403 g/mol. The number of aliphatic hydroxyl groups excluding tert-OH is 1. The first-order chi connectivity index (χ1) is 13.6. The molecule has 0 saturated heterocycles. The Morgan fingerprint density at radius 3 is 2.79 bits per heavy atom. The Labute approximate surface area is 170 Å². The van der Waals surface area contributed by atoms with Crippen molar-refractivity contribution in [1.82, 2.24) is 0 Å². The molecule has 0 heterocycles. The summed E-state index contributed by atoms with van der Waals surface area (Å²) in [4.78, 5) is 10.5. The van der Waals surface area contributed by atoms with Crippen molar-refractivity contribution in [2.24, 2.45) is 5.92 Å². The first kappa shape index (κ1) is 20.8. The lowest BCUT2D eigenvalue weighted by Crippen LogP contribution is -2.29. The van der Waals surface area contributed by atoms with E-state index < -0.39 is 12.1 Å². The van der Waals surface area contributed by atoms with Crippen molar-refractivity contribution in [1.29, 1.82) is 0 Å². The Balaban J connectivity index is 1.59. The summed E-state index contributed by atoms with van der Waals surface area (Å²) in [6.45, 7) is 0.436. The van der Waals surface area contributed by atoms with Gasteiger partial charge in [0.15, 0.2) is 0 Å². The van der Waals surface area contributed by atoms with Gasteiger partial charge in [-0.15, -0.1) is 11.6 Å². The molecule has 0 unspecified atom stereocenters. The van der Waals surface area contributed by atoms with Gasteiger partial charge in [-0.3, -0.25) is 4.79 Å². The molecule has 1 aliphatic rings. The molecule has 0 aliphatic heterocycles. The number of aliphatic carboxylic acids is 1. The Hall–Kier alpha value is -1.88. The molecule has 0 aromatic heterocycles. The van der Waals surface area contributed by atoms with E-state index in [1.807, 2.05) is 30.4 Å². The SMILES string of the molecule is O=C(O)CCC/C=C\C[C@@H]1[C@@H](OCc2cccc3ccccc23)[C@H](O)C[C@H]1Cl. The lowest BCUT2D eigenvalue weighted by molar-refractivity contribution is -0.137. The number of aliphatic hydroxyl groups is 1. The molecular formula is C23H27ClO4. The van der Waals surface area contributed by atoms with Crippen molar-refractivity contribution in [3.05, 3.63) is 60.2 Å². The maximum atomic E-state index is 10.5. The summed E-state index contributed by atoms with van der Waals surface area (Å²) in [5.74, 6) is -0.725. The first-order valence-electron chi connectivity index (χ1n) is 9.83. The summed E-state index contributed by atoms with van der Waals surface area (Å²) >= 11 is 6.47. The predicted octanol–water partition coefficient (Wildman–Crippen LogP) is 4.91. The third-order valence-corrected chi connectivity index (χ3v) is 5.88. The van der Waals surface area contributed by atoms with Crippen LogP contribution in [0.5, 0.6) is 0 Å². The van der Waals surface area contributed by atoms with Crippen LogP contribution in [0, 0.1) is 5.92 Å². The summed E-state index contributed by atoms with van der Waals surface area (Å²) in [6.07, 6.45) is 5.96. The Kier molecular flexibility index (Phi) is 7.49. The minimum Gasteiger partial charge on any atom is -0.481 e. The Bertz CT molecular complexity index is 814. The standard InChI is InChI=1S/C23H27ClO4/c24-20-14-21(25)23(19(20)12-3-1-2-4-13-22(26)27)28-15-17-10-7-9-16-8-5-6-11-18(16)17/h1,3,5-11,19-21,23,25H,2,4,12-15H2,(H,26,27)/b3-1-/t19-,20+,21+,23+/m0/s1. The molecule has 1 aliphatic carbocycles. The van der Waals surface area contributed by atoms with Gasteiger partial charge in [0.1, 0.15) is 0 Å². The van der Waals surface area contributed by atoms with Gasteiger partial charge in [-0.2, -0.15) is 0 Å². The van der Waals surface area contributed by atoms with Gasteiger partial charge < -0.3 is 14.9 Å². The first-order valence-corrected chi connectivity index (χ1v) is 10.3. The highest BCUT2D eigenvalue weighted by atomic mass is 35.5. The van der Waals surface area contributed by atoms with Gasteiger partial charge >= 0.3 is 5.97 Å². The number of alkyl halides is 1. The van der Waals surface area contributed by atoms with Crippen molar-refractivity contribution < 1.29 is 19.7 Å². The molecule has 4 nitrogen and oxygen atoms in total. The van der Waals surface area contributed by atoms with Gasteiger partial charge in [-0.05, 0) is 42.0 Å². The van der Waals surface area contributed by atoms with E-state index in [0.29, 0.717) is 19.4 Å². The number of unbranched alkanes of at least 4 members (excludes halogenated alkanes) is 1. The fourth-order valence-corrected chi connectivity index (χ4v) is 4.32. The van der Waals surface area contributed by atoms with Crippen molar-refractivity contribution >= 4 is 28.3 Å². The van der Waals surface area contributed by atoms with Crippen LogP contribution in [0.15, 0.2) is 54.6 Å². The molecule has 150 valence electrons. The van der Waals surface area contributed by atoms with Gasteiger partial charge in [0.05, 0.1) is 18.8 Å². The Morgan fingerprint density at radius 1 is 1.18 bits per heavy atom. The molecule has 2 aromatic rings. The summed E-state index contributed by atoms with van der Waals surface area (Å²) in [5, 5.41) is 21.3. The van der Waals surface area contributed by atoms with Gasteiger partial charge in [0.2, 0.25) is 0 Å². The highest BCUT2D eigenvalue weighted by Crippen LogP contribution is 2.36. The zero-order valence-electron chi connectivity index (χ0n) is 15.8. The highest BCUT2D eigenvalue weighted by Gasteiger charge is 2.41. The molecule has 5 heteroatoms. The molecule has 28 heavy (non-hydrogen) atoms. The van der Waals surface area contributed by atoms with E-state index in [0.717, 1.165) is 23.8 Å². The van der Waals surface area contributed by atoms with Gasteiger partial charge in [-0.1, -0.05) is 54.6 Å². The molecule has 0 spiro atoms. The van der Waals surface area contributed by atoms with E-state index in [2.05, 4.69) is 24.3 Å². The van der Waals surface area contributed by atoms with Crippen molar-refractivity contribution in [2.45, 2.75) is 56.3 Å². The van der Waals surface area contributed by atoms with E-state index in [4.69, 9.17) is 21.4 Å². The van der Waals surface area contributed by atoms with Crippen molar-refractivity contribution in [3.63, 3.8) is 0 Å². The number of allylic oxidation sites excluding steroid dienone is 2. The van der Waals surface area contributed by atoms with E-state index in [9.17, 15) is 9.90 Å². The monoisotopic (exact) mass is 402 g/mol. The van der Waals surface area contributed by atoms with Crippen LogP contribution >= 0.6 is 11.6 Å². The van der Waals surface area contributed by atoms with Crippen LogP contribution in [0.3, 0.4) is 0 Å². The third kappa shape index (κ3) is 5.34. The number of hydrogen-bond donors (Lipinski definition) is 2. The number of hydrogen-bond acceptors (Lipinski definition) is 3. The molecule has 1 fully saturated rings. The topological polar surface area (TPSA) is 66.8 Å². The van der Waals surface area contributed by atoms with Crippen LogP contribution in [0.25, 0.3) is 10.8 Å². The molecule has 0 amide bonds. The lowest BCUT2D eigenvalue weighted by atomic mass is 9.99. The second-order valence-corrected chi connectivity index (χ2v) is 7.95.